The van der Waals surface area contributed by atoms with Crippen molar-refractivity contribution in [2.75, 3.05) is 6.54 Å². The number of nitrogens with zero attached hydrogens (tertiary/aromatic N) is 1. The fourth-order valence-corrected chi connectivity index (χ4v) is 3.49. The summed E-state index contributed by atoms with van der Waals surface area (Å²) >= 11 is 0. The number of likely N-dealkylation sites (tertiary alicyclic amines) is 1. The Kier molecular flexibility index (Phi) is 4.98. The van der Waals surface area contributed by atoms with E-state index in [1.54, 1.807) is 13.8 Å². The minimum Gasteiger partial charge on any atom is -0.393 e. The molecule has 2 aliphatic rings. The number of hydrogen-bond donors (Lipinski definition) is 3. The number of aliphatic hydroxyl groups excluding tert-OH is 1. The van der Waals surface area contributed by atoms with E-state index in [0.717, 1.165) is 0 Å². The van der Waals surface area contributed by atoms with Crippen LogP contribution in [0.5, 0.6) is 0 Å². The zero-order valence-corrected chi connectivity index (χ0v) is 14.2. The van der Waals surface area contributed by atoms with E-state index >= 15 is 0 Å². The molecule has 2 heterocycles. The minimum absolute atomic E-state index is 0.239. The molecular formula is C16H25N3O5. The van der Waals surface area contributed by atoms with E-state index in [9.17, 15) is 24.3 Å². The van der Waals surface area contributed by atoms with Crippen molar-refractivity contribution in [3.05, 3.63) is 0 Å². The molecule has 2 fully saturated rings. The molecule has 0 aromatic rings. The van der Waals surface area contributed by atoms with Gasteiger partial charge in [-0.15, -0.1) is 0 Å². The molecule has 8 heteroatoms. The number of rotatable bonds is 6. The minimum atomic E-state index is -1.05. The first-order chi connectivity index (χ1) is 11.1. The van der Waals surface area contributed by atoms with Crippen LogP contribution in [0.3, 0.4) is 0 Å². The average molecular weight is 339 g/mol. The molecule has 4 unspecified atom stereocenters. The second-order valence-corrected chi connectivity index (χ2v) is 7.05. The highest BCUT2D eigenvalue weighted by Crippen LogP contribution is 2.40. The van der Waals surface area contributed by atoms with Gasteiger partial charge in [0.2, 0.25) is 17.7 Å². The summed E-state index contributed by atoms with van der Waals surface area (Å²) < 4.78 is 0. The number of Topliss-reactive ketones (excluding diaryl/α,β-unsaturated/α-hetero) is 1. The van der Waals surface area contributed by atoms with E-state index in [1.165, 1.54) is 11.8 Å². The molecule has 8 nitrogen and oxygen atoms in total. The van der Waals surface area contributed by atoms with Gasteiger partial charge in [-0.05, 0) is 19.8 Å². The van der Waals surface area contributed by atoms with Crippen LogP contribution in [0.15, 0.2) is 0 Å². The quantitative estimate of drug-likeness (QED) is 0.531. The predicted octanol–water partition coefficient (Wildman–Crippen LogP) is -1.06. The van der Waals surface area contributed by atoms with Crippen molar-refractivity contribution in [2.45, 2.75) is 57.7 Å². The zero-order valence-electron chi connectivity index (χ0n) is 14.2. The molecule has 2 rings (SSSR count). The van der Waals surface area contributed by atoms with Crippen molar-refractivity contribution in [3.8, 4) is 0 Å². The Labute approximate surface area is 140 Å². The topological polar surface area (TPSA) is 130 Å². The molecule has 0 aromatic carbocycles. The first-order valence-corrected chi connectivity index (χ1v) is 8.23. The SMILES string of the molecule is CC(C)C(=O)N1C(C(=O)CC(C(N)=O)C(C)O)CCC12CNC2=O. The number of carbonyl (C=O) groups is 4. The fraction of sp³-hybridized carbons (Fsp3) is 0.750. The normalized spacial score (nSPS) is 28.5. The van der Waals surface area contributed by atoms with E-state index in [0.29, 0.717) is 19.4 Å². The van der Waals surface area contributed by atoms with Gasteiger partial charge in [-0.3, -0.25) is 19.2 Å². The van der Waals surface area contributed by atoms with Gasteiger partial charge in [0.25, 0.3) is 0 Å². The van der Waals surface area contributed by atoms with Gasteiger partial charge in [-0.25, -0.2) is 0 Å². The Morgan fingerprint density at radius 2 is 2.00 bits per heavy atom. The van der Waals surface area contributed by atoms with Crippen molar-refractivity contribution in [2.24, 2.45) is 17.6 Å². The number of aliphatic hydroxyl groups is 1. The van der Waals surface area contributed by atoms with Crippen molar-refractivity contribution < 1.29 is 24.3 Å². The molecule has 3 amide bonds. The summed E-state index contributed by atoms with van der Waals surface area (Å²) in [4.78, 5) is 50.2. The van der Waals surface area contributed by atoms with Crippen LogP contribution in [-0.4, -0.2) is 57.7 Å². The second kappa shape index (κ2) is 6.51. The largest absolute Gasteiger partial charge is 0.393 e. The van der Waals surface area contributed by atoms with E-state index in [1.807, 2.05) is 0 Å². The molecule has 0 aliphatic carbocycles. The molecule has 2 aliphatic heterocycles. The standard InChI is InChI=1S/C16H25N3O5/c1-8(2)14(23)19-11(4-5-16(19)7-18-15(16)24)12(21)6-10(9(3)20)13(17)22/h8-11,20H,4-7H2,1-3H3,(H2,17,22)(H,18,24). The van der Waals surface area contributed by atoms with Gasteiger partial charge >= 0.3 is 0 Å². The molecule has 0 bridgehead atoms. The molecule has 1 spiro atoms. The number of primary amides is 1. The number of amides is 3. The summed E-state index contributed by atoms with van der Waals surface area (Å²) in [6.45, 7) is 5.17. The average Bonchev–Trinajstić information content (AvgIpc) is 2.91. The smallest absolute Gasteiger partial charge is 0.247 e. The summed E-state index contributed by atoms with van der Waals surface area (Å²) in [5, 5.41) is 12.3. The van der Waals surface area contributed by atoms with E-state index in [2.05, 4.69) is 5.32 Å². The Morgan fingerprint density at radius 3 is 2.38 bits per heavy atom. The number of β-lactam (4-membered cyclic amide) rings is 1. The molecule has 2 saturated heterocycles. The number of hydrogen-bond acceptors (Lipinski definition) is 5. The third-order valence-corrected chi connectivity index (χ3v) is 5.04. The Bertz CT molecular complexity index is 574. The van der Waals surface area contributed by atoms with Crippen LogP contribution < -0.4 is 11.1 Å². The molecule has 134 valence electrons. The van der Waals surface area contributed by atoms with E-state index in [-0.39, 0.29) is 29.9 Å². The predicted molar refractivity (Wildman–Crippen MR) is 84.4 cm³/mol. The summed E-state index contributed by atoms with van der Waals surface area (Å²) in [5.41, 5.74) is 4.29. The highest BCUT2D eigenvalue weighted by Gasteiger charge is 2.60. The van der Waals surface area contributed by atoms with Gasteiger partial charge in [-0.1, -0.05) is 13.8 Å². The lowest BCUT2D eigenvalue weighted by molar-refractivity contribution is -0.158. The maximum absolute atomic E-state index is 12.7. The summed E-state index contributed by atoms with van der Waals surface area (Å²) in [5.74, 6) is -2.95. The van der Waals surface area contributed by atoms with Crippen molar-refractivity contribution in [1.82, 2.24) is 10.2 Å². The van der Waals surface area contributed by atoms with Crippen molar-refractivity contribution in [3.63, 3.8) is 0 Å². The maximum Gasteiger partial charge on any atom is 0.247 e. The molecule has 4 N–H and O–H groups in total. The van der Waals surface area contributed by atoms with Crippen LogP contribution in [0.25, 0.3) is 0 Å². The maximum atomic E-state index is 12.7. The van der Waals surface area contributed by atoms with Gasteiger partial charge in [0.1, 0.15) is 5.54 Å². The number of nitrogens with one attached hydrogen (secondary N) is 1. The van der Waals surface area contributed by atoms with Gasteiger partial charge < -0.3 is 21.1 Å². The highest BCUT2D eigenvalue weighted by molar-refractivity contribution is 6.01. The monoisotopic (exact) mass is 339 g/mol. The van der Waals surface area contributed by atoms with Gasteiger partial charge in [0.15, 0.2) is 5.78 Å². The molecule has 0 aromatic heterocycles. The second-order valence-electron chi connectivity index (χ2n) is 7.05. The first-order valence-electron chi connectivity index (χ1n) is 8.23. The number of carbonyl (C=O) groups excluding carboxylic acids is 4. The first kappa shape index (κ1) is 18.4. The van der Waals surface area contributed by atoms with Gasteiger partial charge in [0, 0.05) is 12.3 Å². The van der Waals surface area contributed by atoms with Crippen LogP contribution >= 0.6 is 0 Å². The summed E-state index contributed by atoms with van der Waals surface area (Å²) in [7, 11) is 0. The molecular weight excluding hydrogens is 314 g/mol. The van der Waals surface area contributed by atoms with E-state index in [4.69, 9.17) is 5.73 Å². The lowest BCUT2D eigenvalue weighted by Gasteiger charge is -2.46. The zero-order chi connectivity index (χ0) is 18.2. The van der Waals surface area contributed by atoms with Crippen LogP contribution in [-0.2, 0) is 19.2 Å². The summed E-state index contributed by atoms with van der Waals surface area (Å²) in [6.07, 6.45) is -0.500. The van der Waals surface area contributed by atoms with Crippen molar-refractivity contribution >= 4 is 23.5 Å². The van der Waals surface area contributed by atoms with Gasteiger partial charge in [-0.2, -0.15) is 0 Å². The number of nitrogens with two attached hydrogens (primary N) is 1. The van der Waals surface area contributed by atoms with Gasteiger partial charge in [0.05, 0.1) is 24.6 Å². The summed E-state index contributed by atoms with van der Waals surface area (Å²) in [6, 6.07) is -0.758. The lowest BCUT2D eigenvalue weighted by Crippen LogP contribution is -2.73. The Hall–Kier alpha value is -1.96. The van der Waals surface area contributed by atoms with Crippen molar-refractivity contribution in [1.29, 1.82) is 0 Å². The molecule has 4 atom stereocenters. The van der Waals surface area contributed by atoms with Crippen LogP contribution in [0.1, 0.15) is 40.0 Å². The molecule has 0 saturated carbocycles. The lowest BCUT2D eigenvalue weighted by atomic mass is 9.87. The van der Waals surface area contributed by atoms with Crippen LogP contribution in [0.2, 0.25) is 0 Å². The third-order valence-electron chi connectivity index (χ3n) is 5.04. The van der Waals surface area contributed by atoms with Crippen LogP contribution in [0.4, 0.5) is 0 Å². The highest BCUT2D eigenvalue weighted by atomic mass is 16.3. The number of ketones is 1. The fourth-order valence-electron chi connectivity index (χ4n) is 3.49. The molecule has 24 heavy (non-hydrogen) atoms. The van der Waals surface area contributed by atoms with Crippen LogP contribution in [0, 0.1) is 11.8 Å². The Morgan fingerprint density at radius 1 is 1.38 bits per heavy atom. The molecule has 0 radical (unpaired) electrons. The Balaban J connectivity index is 2.24. The van der Waals surface area contributed by atoms with E-state index < -0.39 is 29.5 Å². The third kappa shape index (κ3) is 2.90.